The molecule has 0 fully saturated rings. The summed E-state index contributed by atoms with van der Waals surface area (Å²) < 4.78 is 58.4. The molecule has 0 radical (unpaired) electrons. The zero-order valence-electron chi connectivity index (χ0n) is 17.8. The molecule has 0 bridgehead atoms. The molecule has 2 N–H and O–H groups in total. The van der Waals surface area contributed by atoms with E-state index >= 15 is 0 Å². The third-order valence-corrected chi connectivity index (χ3v) is 5.45. The molecule has 0 saturated heterocycles. The van der Waals surface area contributed by atoms with Gasteiger partial charge in [0.1, 0.15) is 23.7 Å². The zero-order valence-corrected chi connectivity index (χ0v) is 17.8. The first-order chi connectivity index (χ1) is 15.5. The Hall–Kier alpha value is -3.62. The fourth-order valence-electron chi connectivity index (χ4n) is 3.18. The second kappa shape index (κ2) is 9.09. The van der Waals surface area contributed by atoms with E-state index in [2.05, 4.69) is 5.32 Å². The number of nitrogens with one attached hydrogen (secondary N) is 1. The molecule has 174 valence electrons. The number of carboxylic acid groups (broad SMARTS) is 1. The van der Waals surface area contributed by atoms with Crippen LogP contribution in [0.25, 0.3) is 10.8 Å². The molecular weight excluding hydrogens is 442 g/mol. The molecule has 0 aliphatic heterocycles. The summed E-state index contributed by atoms with van der Waals surface area (Å²) in [5.74, 6) is -2.96. The maximum Gasteiger partial charge on any atom is 0.416 e. The molecular formula is C24H21F4NO4. The van der Waals surface area contributed by atoms with Crippen LogP contribution < -0.4 is 10.1 Å². The van der Waals surface area contributed by atoms with Crippen LogP contribution in [0.1, 0.15) is 41.8 Å². The number of carbonyl (C=O) groups excluding carboxylic acids is 1. The highest BCUT2D eigenvalue weighted by molar-refractivity contribution is 6.05. The van der Waals surface area contributed by atoms with Gasteiger partial charge in [0, 0.05) is 10.9 Å². The molecule has 3 aromatic carbocycles. The third kappa shape index (κ3) is 5.08. The number of fused-ring (bicyclic) bond motifs is 1. The Bertz CT molecular complexity index is 1210. The van der Waals surface area contributed by atoms with Crippen molar-refractivity contribution in [3.8, 4) is 5.75 Å². The van der Waals surface area contributed by atoms with E-state index in [1.807, 2.05) is 0 Å². The lowest BCUT2D eigenvalue weighted by molar-refractivity contribution is -0.144. The van der Waals surface area contributed by atoms with E-state index in [1.165, 1.54) is 13.0 Å². The largest absolute Gasteiger partial charge is 0.487 e. The van der Waals surface area contributed by atoms with Crippen molar-refractivity contribution in [3.05, 3.63) is 77.1 Å². The number of benzene rings is 3. The topological polar surface area (TPSA) is 75.6 Å². The van der Waals surface area contributed by atoms with Gasteiger partial charge in [0.15, 0.2) is 0 Å². The van der Waals surface area contributed by atoms with Crippen LogP contribution in [-0.4, -0.2) is 22.5 Å². The summed E-state index contributed by atoms with van der Waals surface area (Å²) in [6, 6.07) is 12.1. The molecule has 0 aromatic heterocycles. The summed E-state index contributed by atoms with van der Waals surface area (Å²) >= 11 is 0. The lowest BCUT2D eigenvalue weighted by atomic mass is 9.97. The third-order valence-electron chi connectivity index (χ3n) is 5.45. The molecule has 0 heterocycles. The van der Waals surface area contributed by atoms with Gasteiger partial charge in [-0.2, -0.15) is 13.2 Å². The SMILES string of the molecule is CC[C@@](C)(NC(=O)c1ccc2ccccc2c1OCc1ccc(C(F)(F)F)cc1F)C(=O)O. The van der Waals surface area contributed by atoms with Crippen LogP contribution in [0.2, 0.25) is 0 Å². The quantitative estimate of drug-likeness (QED) is 0.450. The van der Waals surface area contributed by atoms with Gasteiger partial charge in [-0.1, -0.05) is 43.3 Å². The minimum atomic E-state index is -4.68. The molecule has 0 saturated carbocycles. The van der Waals surface area contributed by atoms with Crippen molar-refractivity contribution >= 4 is 22.6 Å². The first-order valence-electron chi connectivity index (χ1n) is 10.0. The number of alkyl halides is 3. The molecule has 0 aliphatic carbocycles. The summed E-state index contributed by atoms with van der Waals surface area (Å²) in [4.78, 5) is 24.6. The van der Waals surface area contributed by atoms with Crippen LogP contribution >= 0.6 is 0 Å². The maximum absolute atomic E-state index is 14.3. The minimum Gasteiger partial charge on any atom is -0.487 e. The van der Waals surface area contributed by atoms with E-state index < -0.39 is 41.6 Å². The molecule has 0 spiro atoms. The highest BCUT2D eigenvalue weighted by Gasteiger charge is 2.34. The van der Waals surface area contributed by atoms with Crippen molar-refractivity contribution in [1.82, 2.24) is 5.32 Å². The first-order valence-corrected chi connectivity index (χ1v) is 10.0. The van der Waals surface area contributed by atoms with Crippen LogP contribution in [-0.2, 0) is 17.6 Å². The van der Waals surface area contributed by atoms with Gasteiger partial charge in [-0.3, -0.25) is 4.79 Å². The van der Waals surface area contributed by atoms with E-state index in [9.17, 15) is 32.3 Å². The normalized spacial score (nSPS) is 13.4. The van der Waals surface area contributed by atoms with Gasteiger partial charge in [0.05, 0.1) is 11.1 Å². The van der Waals surface area contributed by atoms with Crippen molar-refractivity contribution in [3.63, 3.8) is 0 Å². The molecule has 3 aromatic rings. The van der Waals surface area contributed by atoms with Crippen molar-refractivity contribution < 1.29 is 37.0 Å². The van der Waals surface area contributed by atoms with Crippen LogP contribution in [0.5, 0.6) is 5.75 Å². The fraction of sp³-hybridized carbons (Fsp3) is 0.250. The standard InChI is InChI=1S/C24H21F4NO4/c1-3-23(2,22(31)32)29-21(30)18-11-9-14-6-4-5-7-17(14)20(18)33-13-15-8-10-16(12-19(15)25)24(26,27)28/h4-12H,3,13H2,1-2H3,(H,29,30)(H,31,32)/t23-/m1/s1. The van der Waals surface area contributed by atoms with E-state index in [-0.39, 0.29) is 23.3 Å². The zero-order chi connectivity index (χ0) is 24.4. The van der Waals surface area contributed by atoms with E-state index in [0.717, 1.165) is 12.1 Å². The number of hydrogen-bond acceptors (Lipinski definition) is 3. The number of rotatable bonds is 7. The summed E-state index contributed by atoms with van der Waals surface area (Å²) in [5.41, 5.74) is -2.77. The summed E-state index contributed by atoms with van der Waals surface area (Å²) in [5, 5.41) is 13.2. The lowest BCUT2D eigenvalue weighted by Crippen LogP contribution is -2.51. The number of ether oxygens (including phenoxy) is 1. The molecule has 0 unspecified atom stereocenters. The predicted octanol–water partition coefficient (Wildman–Crippen LogP) is 5.56. The van der Waals surface area contributed by atoms with Crippen LogP contribution in [0.15, 0.2) is 54.6 Å². The van der Waals surface area contributed by atoms with Crippen LogP contribution in [0.4, 0.5) is 17.6 Å². The number of carboxylic acids is 1. The second-order valence-electron chi connectivity index (χ2n) is 7.70. The van der Waals surface area contributed by atoms with Crippen LogP contribution in [0, 0.1) is 5.82 Å². The number of amides is 1. The number of hydrogen-bond donors (Lipinski definition) is 2. The Morgan fingerprint density at radius 1 is 1.06 bits per heavy atom. The Balaban J connectivity index is 1.98. The van der Waals surface area contributed by atoms with Crippen LogP contribution in [0.3, 0.4) is 0 Å². The van der Waals surface area contributed by atoms with Gasteiger partial charge in [-0.25, -0.2) is 9.18 Å². The summed E-state index contributed by atoms with van der Waals surface area (Å²) in [6.45, 7) is 2.54. The van der Waals surface area contributed by atoms with Crippen molar-refractivity contribution in [2.75, 3.05) is 0 Å². The number of halogens is 4. The van der Waals surface area contributed by atoms with Crippen molar-refractivity contribution in [2.45, 2.75) is 38.6 Å². The Labute approximate surface area is 187 Å². The van der Waals surface area contributed by atoms with Gasteiger partial charge in [0.2, 0.25) is 0 Å². The molecule has 3 rings (SSSR count). The molecule has 5 nitrogen and oxygen atoms in total. The molecule has 0 aliphatic rings. The molecule has 9 heteroatoms. The molecule has 33 heavy (non-hydrogen) atoms. The predicted molar refractivity (Wildman–Crippen MR) is 113 cm³/mol. The Morgan fingerprint density at radius 3 is 2.36 bits per heavy atom. The number of carbonyl (C=O) groups is 2. The van der Waals surface area contributed by atoms with Crippen molar-refractivity contribution in [1.29, 1.82) is 0 Å². The first kappa shape index (κ1) is 24.0. The highest BCUT2D eigenvalue weighted by Crippen LogP contribution is 2.33. The summed E-state index contributed by atoms with van der Waals surface area (Å²) in [6.07, 6.45) is -4.56. The smallest absolute Gasteiger partial charge is 0.416 e. The van der Waals surface area contributed by atoms with E-state index in [1.54, 1.807) is 37.3 Å². The maximum atomic E-state index is 14.3. The average Bonchev–Trinajstić information content (AvgIpc) is 2.76. The molecule has 1 atom stereocenters. The van der Waals surface area contributed by atoms with Crippen molar-refractivity contribution in [2.24, 2.45) is 0 Å². The lowest BCUT2D eigenvalue weighted by Gasteiger charge is -2.25. The average molecular weight is 463 g/mol. The Kier molecular flexibility index (Phi) is 6.62. The van der Waals surface area contributed by atoms with Gasteiger partial charge >= 0.3 is 12.1 Å². The van der Waals surface area contributed by atoms with Gasteiger partial charge in [-0.05, 0) is 36.9 Å². The van der Waals surface area contributed by atoms with Gasteiger partial charge in [0.25, 0.3) is 5.91 Å². The van der Waals surface area contributed by atoms with Gasteiger partial charge in [-0.15, -0.1) is 0 Å². The second-order valence-corrected chi connectivity index (χ2v) is 7.70. The fourth-order valence-corrected chi connectivity index (χ4v) is 3.18. The van der Waals surface area contributed by atoms with Gasteiger partial charge < -0.3 is 15.2 Å². The summed E-state index contributed by atoms with van der Waals surface area (Å²) in [7, 11) is 0. The monoisotopic (exact) mass is 463 g/mol. The Morgan fingerprint density at radius 2 is 1.76 bits per heavy atom. The highest BCUT2D eigenvalue weighted by atomic mass is 19.4. The minimum absolute atomic E-state index is 0.0157. The number of aliphatic carboxylic acids is 1. The van der Waals surface area contributed by atoms with E-state index in [0.29, 0.717) is 16.8 Å². The molecule has 1 amide bonds. The van der Waals surface area contributed by atoms with E-state index in [4.69, 9.17) is 4.74 Å².